The van der Waals surface area contributed by atoms with Gasteiger partial charge in [0.25, 0.3) is 5.91 Å². The Morgan fingerprint density at radius 2 is 1.81 bits per heavy atom. The van der Waals surface area contributed by atoms with Gasteiger partial charge in [-0.05, 0) is 48.9 Å². The van der Waals surface area contributed by atoms with Crippen LogP contribution in [0.15, 0.2) is 66.7 Å². The van der Waals surface area contributed by atoms with Gasteiger partial charge in [0.15, 0.2) is 0 Å². The number of nitrogens with one attached hydrogen (secondary N) is 1. The zero-order valence-corrected chi connectivity index (χ0v) is 18.6. The molecule has 158 valence electrons. The molecule has 0 spiro atoms. The molecule has 0 aliphatic rings. The number of halogens is 2. The van der Waals surface area contributed by atoms with Crippen LogP contribution in [-0.4, -0.2) is 22.6 Å². The van der Waals surface area contributed by atoms with Crippen LogP contribution >= 0.6 is 23.2 Å². The summed E-state index contributed by atoms with van der Waals surface area (Å²) in [6, 6.07) is 20.2. The summed E-state index contributed by atoms with van der Waals surface area (Å²) in [5.41, 5.74) is 3.30. The number of fused-ring (bicyclic) bond motifs is 1. The molecule has 1 aromatic heterocycles. The Kier molecular flexibility index (Phi) is 6.16. The maximum Gasteiger partial charge on any atom is 0.255 e. The van der Waals surface area contributed by atoms with Crippen molar-refractivity contribution in [3.8, 4) is 5.75 Å². The number of rotatable bonds is 6. The van der Waals surface area contributed by atoms with Crippen molar-refractivity contribution in [1.82, 2.24) is 14.9 Å². The first-order valence-corrected chi connectivity index (χ1v) is 10.6. The lowest BCUT2D eigenvalue weighted by Crippen LogP contribution is -2.29. The van der Waals surface area contributed by atoms with Crippen LogP contribution in [0.2, 0.25) is 10.0 Å². The van der Waals surface area contributed by atoms with E-state index >= 15 is 0 Å². The van der Waals surface area contributed by atoms with E-state index in [4.69, 9.17) is 32.9 Å². The molecule has 1 heterocycles. The van der Waals surface area contributed by atoms with Crippen molar-refractivity contribution in [2.45, 2.75) is 19.5 Å². The van der Waals surface area contributed by atoms with E-state index in [2.05, 4.69) is 9.88 Å². The van der Waals surface area contributed by atoms with E-state index in [1.165, 1.54) is 0 Å². The van der Waals surface area contributed by atoms with Gasteiger partial charge in [0.1, 0.15) is 11.6 Å². The molecule has 3 aromatic carbocycles. The average molecular weight is 454 g/mol. The van der Waals surface area contributed by atoms with Crippen LogP contribution in [0.3, 0.4) is 0 Å². The van der Waals surface area contributed by atoms with Gasteiger partial charge in [0, 0.05) is 6.54 Å². The number of carbonyl (C=O) groups is 1. The first-order chi connectivity index (χ1) is 15.0. The number of amides is 1. The normalized spacial score (nSPS) is 12.0. The second-order valence-corrected chi connectivity index (χ2v) is 8.00. The lowest BCUT2D eigenvalue weighted by atomic mass is 10.1. The summed E-state index contributed by atoms with van der Waals surface area (Å²) in [4.78, 5) is 17.7. The van der Waals surface area contributed by atoms with E-state index < -0.39 is 0 Å². The molecule has 1 N–H and O–H groups in total. The molecule has 4 rings (SSSR count). The Balaban J connectivity index is 1.68. The number of aromatic nitrogens is 2. The van der Waals surface area contributed by atoms with E-state index in [-0.39, 0.29) is 11.9 Å². The lowest BCUT2D eigenvalue weighted by Gasteiger charge is -2.17. The van der Waals surface area contributed by atoms with E-state index in [0.717, 1.165) is 22.4 Å². The van der Waals surface area contributed by atoms with E-state index in [0.29, 0.717) is 27.9 Å². The number of hydrogen-bond acceptors (Lipinski definition) is 3. The molecule has 1 atom stereocenters. The summed E-state index contributed by atoms with van der Waals surface area (Å²) in [5, 5.41) is 4.06. The highest BCUT2D eigenvalue weighted by molar-refractivity contribution is 6.42. The van der Waals surface area contributed by atoms with Gasteiger partial charge in [-0.2, -0.15) is 0 Å². The Morgan fingerprint density at radius 3 is 2.58 bits per heavy atom. The van der Waals surface area contributed by atoms with Crippen LogP contribution < -0.4 is 10.1 Å². The van der Waals surface area contributed by atoms with Gasteiger partial charge in [-0.15, -0.1) is 0 Å². The van der Waals surface area contributed by atoms with Gasteiger partial charge in [-0.1, -0.05) is 53.5 Å². The molecule has 1 unspecified atom stereocenters. The fraction of sp³-hybridized carbons (Fsp3) is 0.167. The van der Waals surface area contributed by atoms with Crippen molar-refractivity contribution in [1.29, 1.82) is 0 Å². The third kappa shape index (κ3) is 4.38. The second kappa shape index (κ2) is 9.00. The zero-order chi connectivity index (χ0) is 22.0. The van der Waals surface area contributed by atoms with Gasteiger partial charge >= 0.3 is 0 Å². The number of nitrogens with zero attached hydrogens (tertiary/aromatic N) is 2. The lowest BCUT2D eigenvalue weighted by molar-refractivity contribution is 0.0934. The summed E-state index contributed by atoms with van der Waals surface area (Å²) in [7, 11) is 1.55. The number of benzene rings is 3. The highest BCUT2D eigenvalue weighted by atomic mass is 35.5. The minimum absolute atomic E-state index is 0.224. The fourth-order valence-corrected chi connectivity index (χ4v) is 3.90. The van der Waals surface area contributed by atoms with E-state index in [1.807, 2.05) is 55.5 Å². The molecule has 0 aliphatic carbocycles. The second-order valence-electron chi connectivity index (χ2n) is 7.19. The highest BCUT2D eigenvalue weighted by Crippen LogP contribution is 2.27. The maximum atomic E-state index is 12.9. The monoisotopic (exact) mass is 453 g/mol. The minimum atomic E-state index is -0.340. The molecule has 0 saturated carbocycles. The van der Waals surface area contributed by atoms with Crippen molar-refractivity contribution in [3.05, 3.63) is 93.7 Å². The molecular weight excluding hydrogens is 433 g/mol. The van der Waals surface area contributed by atoms with Gasteiger partial charge < -0.3 is 14.6 Å². The van der Waals surface area contributed by atoms with Gasteiger partial charge in [0.05, 0.1) is 39.8 Å². The summed E-state index contributed by atoms with van der Waals surface area (Å²) in [5.74, 6) is 1.05. The first-order valence-electron chi connectivity index (χ1n) is 9.81. The number of methoxy groups -OCH3 is 1. The van der Waals surface area contributed by atoms with Gasteiger partial charge in [0.2, 0.25) is 0 Å². The maximum absolute atomic E-state index is 12.9. The van der Waals surface area contributed by atoms with Crippen LogP contribution in [0.25, 0.3) is 11.0 Å². The minimum Gasteiger partial charge on any atom is -0.496 e. The first kappa shape index (κ1) is 21.2. The summed E-state index contributed by atoms with van der Waals surface area (Å²) in [6.07, 6.45) is 0. The molecule has 5 nitrogen and oxygen atoms in total. The SMILES string of the molecule is COc1ccccc1C(=O)NC(C)c1nc2ccccc2n1Cc1ccc(Cl)c(Cl)c1. The van der Waals surface area contributed by atoms with Crippen LogP contribution in [0.1, 0.15) is 34.7 Å². The third-order valence-electron chi connectivity index (χ3n) is 5.10. The predicted molar refractivity (Wildman–Crippen MR) is 124 cm³/mol. The van der Waals surface area contributed by atoms with E-state index in [1.54, 1.807) is 25.3 Å². The van der Waals surface area contributed by atoms with E-state index in [9.17, 15) is 4.79 Å². The third-order valence-corrected chi connectivity index (χ3v) is 5.83. The van der Waals surface area contributed by atoms with Crippen LogP contribution in [0.4, 0.5) is 0 Å². The van der Waals surface area contributed by atoms with Crippen molar-refractivity contribution in [3.63, 3.8) is 0 Å². The van der Waals surface area contributed by atoms with Crippen molar-refractivity contribution in [2.75, 3.05) is 7.11 Å². The Morgan fingerprint density at radius 1 is 1.06 bits per heavy atom. The Hall–Kier alpha value is -3.02. The fourth-order valence-electron chi connectivity index (χ4n) is 3.58. The van der Waals surface area contributed by atoms with Gasteiger partial charge in [-0.25, -0.2) is 4.98 Å². The Bertz CT molecular complexity index is 1250. The molecule has 1 amide bonds. The van der Waals surface area contributed by atoms with Crippen molar-refractivity contribution < 1.29 is 9.53 Å². The topological polar surface area (TPSA) is 56.1 Å². The van der Waals surface area contributed by atoms with Crippen molar-refractivity contribution >= 4 is 40.1 Å². The summed E-state index contributed by atoms with van der Waals surface area (Å²) >= 11 is 12.3. The molecule has 31 heavy (non-hydrogen) atoms. The smallest absolute Gasteiger partial charge is 0.255 e. The Labute approximate surface area is 190 Å². The van der Waals surface area contributed by atoms with Gasteiger partial charge in [-0.3, -0.25) is 4.79 Å². The van der Waals surface area contributed by atoms with Crippen LogP contribution in [0.5, 0.6) is 5.75 Å². The molecule has 0 saturated heterocycles. The number of ether oxygens (including phenoxy) is 1. The van der Waals surface area contributed by atoms with Crippen molar-refractivity contribution in [2.24, 2.45) is 0 Å². The summed E-state index contributed by atoms with van der Waals surface area (Å²) in [6.45, 7) is 2.46. The molecule has 4 aromatic rings. The quantitative estimate of drug-likeness (QED) is 0.395. The number of hydrogen-bond donors (Lipinski definition) is 1. The number of carbonyl (C=O) groups excluding carboxylic acids is 1. The van der Waals surface area contributed by atoms with Crippen LogP contribution in [-0.2, 0) is 6.54 Å². The number of para-hydroxylation sites is 3. The largest absolute Gasteiger partial charge is 0.496 e. The molecular formula is C24H21Cl2N3O2. The van der Waals surface area contributed by atoms with Crippen LogP contribution in [0, 0.1) is 0 Å². The molecule has 0 fully saturated rings. The zero-order valence-electron chi connectivity index (χ0n) is 17.1. The average Bonchev–Trinajstić information content (AvgIpc) is 3.14. The summed E-state index contributed by atoms with van der Waals surface area (Å²) < 4.78 is 7.41. The molecule has 0 radical (unpaired) electrons. The standard InChI is InChI=1S/C24H21Cl2N3O2/c1-15(27-24(30)17-7-3-6-10-22(17)31-2)23-28-20-8-4-5-9-21(20)29(23)14-16-11-12-18(25)19(26)13-16/h3-13,15H,14H2,1-2H3,(H,27,30). The molecule has 0 bridgehead atoms. The molecule has 0 aliphatic heterocycles. The number of imidazole rings is 1. The molecule has 7 heteroatoms. The highest BCUT2D eigenvalue weighted by Gasteiger charge is 2.21. The predicted octanol–water partition coefficient (Wildman–Crippen LogP) is 5.89.